The molecule has 0 radical (unpaired) electrons. The minimum atomic E-state index is -3.57. The zero-order valence-electron chi connectivity index (χ0n) is 15.6. The van der Waals surface area contributed by atoms with Crippen LogP contribution in [-0.2, 0) is 16.6 Å². The van der Waals surface area contributed by atoms with Crippen LogP contribution < -0.4 is 10.6 Å². The van der Waals surface area contributed by atoms with Gasteiger partial charge in [0.05, 0.1) is 5.02 Å². The molecule has 2 aromatic rings. The standard InChI is InChI=1S/C20H21Cl2N3O3S/c21-15-7-5-14(6-8-15)11-23-19(26)24-16-9-20(10-16)12-25(13-20)29(27,28)18-4-2-1-3-17(18)22/h1-8,16H,9-13H2,(H2,23,24,26). The van der Waals surface area contributed by atoms with Gasteiger partial charge in [0.25, 0.3) is 0 Å². The Hall–Kier alpha value is -1.80. The van der Waals surface area contributed by atoms with Gasteiger partial charge < -0.3 is 10.6 Å². The highest BCUT2D eigenvalue weighted by atomic mass is 35.5. The highest BCUT2D eigenvalue weighted by Crippen LogP contribution is 2.50. The van der Waals surface area contributed by atoms with E-state index in [0.29, 0.717) is 24.7 Å². The molecule has 1 saturated heterocycles. The van der Waals surface area contributed by atoms with Crippen LogP contribution in [0.3, 0.4) is 0 Å². The van der Waals surface area contributed by atoms with Crippen molar-refractivity contribution in [1.29, 1.82) is 0 Å². The number of rotatable bonds is 5. The number of halogens is 2. The molecule has 1 heterocycles. The van der Waals surface area contributed by atoms with E-state index in [1.807, 2.05) is 12.1 Å². The number of amides is 2. The number of hydrogen-bond acceptors (Lipinski definition) is 3. The van der Waals surface area contributed by atoms with Gasteiger partial charge >= 0.3 is 6.03 Å². The van der Waals surface area contributed by atoms with E-state index >= 15 is 0 Å². The lowest BCUT2D eigenvalue weighted by molar-refractivity contribution is -0.0302. The molecule has 2 aromatic carbocycles. The highest BCUT2D eigenvalue weighted by molar-refractivity contribution is 7.89. The molecule has 1 aliphatic carbocycles. The summed E-state index contributed by atoms with van der Waals surface area (Å²) in [6, 6.07) is 13.6. The average Bonchev–Trinajstić information content (AvgIpc) is 2.62. The molecular formula is C20H21Cl2N3O3S. The lowest BCUT2D eigenvalue weighted by Crippen LogP contribution is -2.67. The molecule has 2 fully saturated rings. The van der Waals surface area contributed by atoms with Gasteiger partial charge in [0.1, 0.15) is 4.90 Å². The Bertz CT molecular complexity index is 1010. The number of nitrogens with one attached hydrogen (secondary N) is 2. The normalized spacial score (nSPS) is 18.7. The third-order valence-corrected chi connectivity index (χ3v) is 8.08. The molecule has 0 atom stereocenters. The van der Waals surface area contributed by atoms with Crippen LogP contribution in [0.5, 0.6) is 0 Å². The third-order valence-electron chi connectivity index (χ3n) is 5.54. The summed E-state index contributed by atoms with van der Waals surface area (Å²) >= 11 is 11.9. The predicted molar refractivity (Wildman–Crippen MR) is 112 cm³/mol. The van der Waals surface area contributed by atoms with Crippen LogP contribution >= 0.6 is 23.2 Å². The van der Waals surface area contributed by atoms with E-state index in [0.717, 1.165) is 18.4 Å². The Labute approximate surface area is 180 Å². The Kier molecular flexibility index (Phi) is 5.50. The minimum absolute atomic E-state index is 0.0392. The van der Waals surface area contributed by atoms with Crippen molar-refractivity contribution in [3.05, 3.63) is 64.1 Å². The Morgan fingerprint density at radius 2 is 1.72 bits per heavy atom. The quantitative estimate of drug-likeness (QED) is 0.724. The van der Waals surface area contributed by atoms with Crippen molar-refractivity contribution in [2.24, 2.45) is 5.41 Å². The third kappa shape index (κ3) is 4.23. The second-order valence-electron chi connectivity index (χ2n) is 7.76. The monoisotopic (exact) mass is 453 g/mol. The van der Waals surface area contributed by atoms with Gasteiger partial charge in [-0.3, -0.25) is 0 Å². The van der Waals surface area contributed by atoms with Crippen molar-refractivity contribution in [3.63, 3.8) is 0 Å². The summed E-state index contributed by atoms with van der Waals surface area (Å²) in [5.41, 5.74) is 0.927. The molecule has 2 amide bonds. The first kappa shape index (κ1) is 20.5. The Morgan fingerprint density at radius 3 is 2.38 bits per heavy atom. The van der Waals surface area contributed by atoms with Gasteiger partial charge in [-0.2, -0.15) is 4.31 Å². The topological polar surface area (TPSA) is 78.5 Å². The fraction of sp³-hybridized carbons (Fsp3) is 0.350. The molecule has 29 heavy (non-hydrogen) atoms. The molecule has 0 bridgehead atoms. The molecule has 2 N–H and O–H groups in total. The number of carbonyl (C=O) groups is 1. The lowest BCUT2D eigenvalue weighted by atomic mass is 9.61. The predicted octanol–water partition coefficient (Wildman–Crippen LogP) is 3.65. The van der Waals surface area contributed by atoms with Gasteiger partial charge in [-0.1, -0.05) is 47.5 Å². The first-order chi connectivity index (χ1) is 13.8. The van der Waals surface area contributed by atoms with Crippen LogP contribution in [0.1, 0.15) is 18.4 Å². The van der Waals surface area contributed by atoms with Gasteiger partial charge in [-0.15, -0.1) is 0 Å². The van der Waals surface area contributed by atoms with Crippen LogP contribution in [0.2, 0.25) is 10.0 Å². The molecule has 1 saturated carbocycles. The maximum absolute atomic E-state index is 12.7. The maximum Gasteiger partial charge on any atom is 0.315 e. The SMILES string of the molecule is O=C(NCc1ccc(Cl)cc1)NC1CC2(C1)CN(S(=O)(=O)c1ccccc1Cl)C2. The fourth-order valence-electron chi connectivity index (χ4n) is 4.03. The van der Waals surface area contributed by atoms with Gasteiger partial charge in [0, 0.05) is 36.1 Å². The summed E-state index contributed by atoms with van der Waals surface area (Å²) in [6.07, 6.45) is 1.55. The molecule has 0 aromatic heterocycles. The van der Waals surface area contributed by atoms with Crippen LogP contribution in [0.15, 0.2) is 53.4 Å². The maximum atomic E-state index is 12.7. The van der Waals surface area contributed by atoms with E-state index in [1.54, 1.807) is 30.3 Å². The first-order valence-corrected chi connectivity index (χ1v) is 11.5. The summed E-state index contributed by atoms with van der Waals surface area (Å²) in [6.45, 7) is 1.35. The summed E-state index contributed by atoms with van der Waals surface area (Å²) in [4.78, 5) is 12.2. The van der Waals surface area contributed by atoms with Gasteiger partial charge in [-0.25, -0.2) is 13.2 Å². The fourth-order valence-corrected chi connectivity index (χ4v) is 6.32. The van der Waals surface area contributed by atoms with E-state index in [9.17, 15) is 13.2 Å². The van der Waals surface area contributed by atoms with Crippen LogP contribution in [0.25, 0.3) is 0 Å². The molecule has 4 rings (SSSR count). The van der Waals surface area contributed by atoms with E-state index < -0.39 is 10.0 Å². The van der Waals surface area contributed by atoms with Crippen molar-refractivity contribution in [1.82, 2.24) is 14.9 Å². The Morgan fingerprint density at radius 1 is 1.07 bits per heavy atom. The van der Waals surface area contributed by atoms with Crippen LogP contribution in [0.4, 0.5) is 4.79 Å². The van der Waals surface area contributed by atoms with Crippen LogP contribution in [-0.4, -0.2) is 37.9 Å². The number of urea groups is 1. The van der Waals surface area contributed by atoms with Gasteiger partial charge in [0.15, 0.2) is 0 Å². The van der Waals surface area contributed by atoms with Gasteiger partial charge in [0.2, 0.25) is 10.0 Å². The molecule has 1 spiro atoms. The number of sulfonamides is 1. The van der Waals surface area contributed by atoms with Crippen molar-refractivity contribution >= 4 is 39.3 Å². The molecule has 6 nitrogen and oxygen atoms in total. The highest BCUT2D eigenvalue weighted by Gasteiger charge is 2.56. The zero-order valence-corrected chi connectivity index (χ0v) is 17.9. The summed E-state index contributed by atoms with van der Waals surface area (Å²) in [5, 5.41) is 6.67. The van der Waals surface area contributed by atoms with E-state index in [4.69, 9.17) is 23.2 Å². The summed E-state index contributed by atoms with van der Waals surface area (Å²) in [5.74, 6) is 0. The van der Waals surface area contributed by atoms with E-state index in [-0.39, 0.29) is 27.4 Å². The largest absolute Gasteiger partial charge is 0.335 e. The molecule has 0 unspecified atom stereocenters. The Balaban J connectivity index is 1.23. The number of benzene rings is 2. The van der Waals surface area contributed by atoms with Crippen LogP contribution in [0, 0.1) is 5.41 Å². The zero-order chi connectivity index (χ0) is 20.6. The summed E-state index contributed by atoms with van der Waals surface area (Å²) in [7, 11) is -3.57. The first-order valence-electron chi connectivity index (χ1n) is 9.31. The van der Waals surface area contributed by atoms with E-state index in [1.165, 1.54) is 10.4 Å². The lowest BCUT2D eigenvalue weighted by Gasteiger charge is -2.58. The molecule has 9 heteroatoms. The second kappa shape index (κ2) is 7.80. The van der Waals surface area contributed by atoms with Crippen molar-refractivity contribution in [2.75, 3.05) is 13.1 Å². The van der Waals surface area contributed by atoms with E-state index in [2.05, 4.69) is 10.6 Å². The molecule has 154 valence electrons. The number of nitrogens with zero attached hydrogens (tertiary/aromatic N) is 1. The molecule has 2 aliphatic rings. The number of carbonyl (C=O) groups excluding carboxylic acids is 1. The average molecular weight is 454 g/mol. The number of hydrogen-bond donors (Lipinski definition) is 2. The van der Waals surface area contributed by atoms with Crippen molar-refractivity contribution in [2.45, 2.75) is 30.3 Å². The van der Waals surface area contributed by atoms with Crippen molar-refractivity contribution in [3.8, 4) is 0 Å². The molecular weight excluding hydrogens is 433 g/mol. The van der Waals surface area contributed by atoms with Gasteiger partial charge in [-0.05, 0) is 42.7 Å². The second-order valence-corrected chi connectivity index (χ2v) is 10.5. The molecule has 1 aliphatic heterocycles. The van der Waals surface area contributed by atoms with Crippen molar-refractivity contribution < 1.29 is 13.2 Å². The smallest absolute Gasteiger partial charge is 0.315 e. The minimum Gasteiger partial charge on any atom is -0.335 e. The summed E-state index contributed by atoms with van der Waals surface area (Å²) < 4.78 is 26.9.